The summed E-state index contributed by atoms with van der Waals surface area (Å²) in [5.74, 6) is 0.976. The molecule has 4 heteroatoms. The van der Waals surface area contributed by atoms with Crippen molar-refractivity contribution >= 4 is 11.7 Å². The molecule has 1 atom stereocenters. The number of aromatic nitrogens is 1. The number of nitrogens with two attached hydrogens (primary N) is 1. The van der Waals surface area contributed by atoms with Crippen LogP contribution in [0, 0.1) is 12.3 Å². The summed E-state index contributed by atoms with van der Waals surface area (Å²) in [6, 6.07) is 4.15. The third-order valence-electron chi connectivity index (χ3n) is 2.98. The third-order valence-corrected chi connectivity index (χ3v) is 2.98. The summed E-state index contributed by atoms with van der Waals surface area (Å²) in [5, 5.41) is 7.49. The molecule has 0 fully saturated rings. The largest absolute Gasteiger partial charge is 0.384 e. The average molecular weight is 234 g/mol. The normalized spacial score (nSPS) is 12.2. The zero-order valence-electron chi connectivity index (χ0n) is 11.1. The van der Waals surface area contributed by atoms with E-state index < -0.39 is 0 Å². The van der Waals surface area contributed by atoms with Gasteiger partial charge in [-0.15, -0.1) is 0 Å². The zero-order valence-corrected chi connectivity index (χ0v) is 11.1. The molecule has 0 aromatic carbocycles. The number of nitrogens with zero attached hydrogens (tertiary/aromatic N) is 2. The molecule has 3 N–H and O–H groups in total. The number of hydrogen-bond donors (Lipinski definition) is 2. The highest BCUT2D eigenvalue weighted by Crippen LogP contribution is 2.17. The lowest BCUT2D eigenvalue weighted by atomic mass is 10.1. The van der Waals surface area contributed by atoms with E-state index in [9.17, 15) is 0 Å². The highest BCUT2D eigenvalue weighted by atomic mass is 15.2. The van der Waals surface area contributed by atoms with Crippen LogP contribution in [-0.4, -0.2) is 23.9 Å². The molecule has 0 aliphatic heterocycles. The Labute approximate surface area is 103 Å². The lowest BCUT2D eigenvalue weighted by molar-refractivity contribution is 0.611. The fourth-order valence-corrected chi connectivity index (χ4v) is 1.82. The summed E-state index contributed by atoms with van der Waals surface area (Å²) < 4.78 is 0. The SMILES string of the molecule is CCCC(C)N(C)c1cc(C(=N)N)cc(C)n1. The number of aryl methyl sites for hydroxylation is 1. The van der Waals surface area contributed by atoms with E-state index in [1.165, 1.54) is 0 Å². The first-order valence-electron chi connectivity index (χ1n) is 6.01. The smallest absolute Gasteiger partial charge is 0.129 e. The van der Waals surface area contributed by atoms with Crippen LogP contribution in [-0.2, 0) is 0 Å². The molecule has 17 heavy (non-hydrogen) atoms. The van der Waals surface area contributed by atoms with Gasteiger partial charge >= 0.3 is 0 Å². The highest BCUT2D eigenvalue weighted by molar-refractivity contribution is 5.95. The molecule has 0 bridgehead atoms. The monoisotopic (exact) mass is 234 g/mol. The summed E-state index contributed by atoms with van der Waals surface area (Å²) in [7, 11) is 2.03. The summed E-state index contributed by atoms with van der Waals surface area (Å²) in [5.41, 5.74) is 7.15. The van der Waals surface area contributed by atoms with Gasteiger partial charge in [-0.05, 0) is 32.4 Å². The van der Waals surface area contributed by atoms with Crippen LogP contribution in [0.25, 0.3) is 0 Å². The van der Waals surface area contributed by atoms with E-state index in [4.69, 9.17) is 11.1 Å². The summed E-state index contributed by atoms with van der Waals surface area (Å²) in [6.45, 7) is 6.28. The Morgan fingerprint density at radius 2 is 2.18 bits per heavy atom. The molecule has 0 aliphatic rings. The van der Waals surface area contributed by atoms with Gasteiger partial charge in [-0.25, -0.2) is 4.98 Å². The lowest BCUT2D eigenvalue weighted by Gasteiger charge is -2.26. The first kappa shape index (κ1) is 13.5. The minimum atomic E-state index is 0.0910. The predicted molar refractivity (Wildman–Crippen MR) is 72.8 cm³/mol. The van der Waals surface area contributed by atoms with Crippen molar-refractivity contribution < 1.29 is 0 Å². The van der Waals surface area contributed by atoms with E-state index >= 15 is 0 Å². The van der Waals surface area contributed by atoms with Gasteiger partial charge in [0.15, 0.2) is 0 Å². The Kier molecular flexibility index (Phi) is 4.49. The van der Waals surface area contributed by atoms with Gasteiger partial charge in [0.05, 0.1) is 0 Å². The minimum Gasteiger partial charge on any atom is -0.384 e. The second-order valence-electron chi connectivity index (χ2n) is 4.52. The Bertz CT molecular complexity index is 400. The van der Waals surface area contributed by atoms with Crippen LogP contribution in [0.2, 0.25) is 0 Å². The summed E-state index contributed by atoms with van der Waals surface area (Å²) in [4.78, 5) is 6.63. The number of hydrogen-bond acceptors (Lipinski definition) is 3. The molecular formula is C13H22N4. The maximum Gasteiger partial charge on any atom is 0.129 e. The molecular weight excluding hydrogens is 212 g/mol. The molecule has 0 aliphatic carbocycles. The summed E-state index contributed by atoms with van der Waals surface area (Å²) in [6.07, 6.45) is 2.28. The molecule has 1 rings (SSSR count). The first-order valence-corrected chi connectivity index (χ1v) is 6.01. The standard InChI is InChI=1S/C13H22N4/c1-5-6-10(3)17(4)12-8-11(13(14)15)7-9(2)16-12/h7-8,10H,5-6H2,1-4H3,(H3,14,15). The Morgan fingerprint density at radius 1 is 1.53 bits per heavy atom. The average Bonchev–Trinajstić information content (AvgIpc) is 2.27. The van der Waals surface area contributed by atoms with Gasteiger partial charge < -0.3 is 10.6 Å². The molecule has 0 spiro atoms. The van der Waals surface area contributed by atoms with Crippen molar-refractivity contribution in [2.24, 2.45) is 5.73 Å². The molecule has 0 radical (unpaired) electrons. The van der Waals surface area contributed by atoms with Crippen LogP contribution < -0.4 is 10.6 Å². The molecule has 1 aromatic rings. The van der Waals surface area contributed by atoms with Crippen molar-refractivity contribution in [2.75, 3.05) is 11.9 Å². The third kappa shape index (κ3) is 3.44. The molecule has 0 saturated heterocycles. The topological polar surface area (TPSA) is 66.0 Å². The molecule has 1 unspecified atom stereocenters. The maximum atomic E-state index is 7.49. The van der Waals surface area contributed by atoms with Gasteiger partial charge in [0, 0.05) is 24.3 Å². The highest BCUT2D eigenvalue weighted by Gasteiger charge is 2.12. The first-order chi connectivity index (χ1) is 7.95. The van der Waals surface area contributed by atoms with Crippen molar-refractivity contribution in [3.63, 3.8) is 0 Å². The van der Waals surface area contributed by atoms with Crippen molar-refractivity contribution in [2.45, 2.75) is 39.7 Å². The number of nitrogen functional groups attached to an aromatic ring is 1. The number of rotatable bonds is 5. The van der Waals surface area contributed by atoms with Crippen molar-refractivity contribution in [3.8, 4) is 0 Å². The minimum absolute atomic E-state index is 0.0910. The fourth-order valence-electron chi connectivity index (χ4n) is 1.82. The molecule has 0 saturated carbocycles. The Hall–Kier alpha value is -1.58. The van der Waals surface area contributed by atoms with E-state index in [1.54, 1.807) is 0 Å². The van der Waals surface area contributed by atoms with Crippen LogP contribution >= 0.6 is 0 Å². The van der Waals surface area contributed by atoms with Crippen LogP contribution in [0.4, 0.5) is 5.82 Å². The van der Waals surface area contributed by atoms with Crippen LogP contribution in [0.5, 0.6) is 0 Å². The van der Waals surface area contributed by atoms with Crippen molar-refractivity contribution in [1.82, 2.24) is 4.98 Å². The number of amidine groups is 1. The summed E-state index contributed by atoms with van der Waals surface area (Å²) >= 11 is 0. The van der Waals surface area contributed by atoms with Crippen LogP contribution in [0.3, 0.4) is 0 Å². The second-order valence-corrected chi connectivity index (χ2v) is 4.52. The van der Waals surface area contributed by atoms with E-state index in [-0.39, 0.29) is 5.84 Å². The van der Waals surface area contributed by atoms with Crippen LogP contribution in [0.15, 0.2) is 12.1 Å². The van der Waals surface area contributed by atoms with E-state index in [1.807, 2.05) is 26.1 Å². The molecule has 1 heterocycles. The van der Waals surface area contributed by atoms with Gasteiger partial charge in [0.2, 0.25) is 0 Å². The van der Waals surface area contributed by atoms with Crippen LogP contribution in [0.1, 0.15) is 37.9 Å². The second kappa shape index (κ2) is 5.66. The lowest BCUT2D eigenvalue weighted by Crippen LogP contribution is -2.30. The number of anilines is 1. The molecule has 94 valence electrons. The van der Waals surface area contributed by atoms with E-state index in [0.29, 0.717) is 6.04 Å². The Balaban J connectivity index is 3.01. The van der Waals surface area contributed by atoms with E-state index in [2.05, 4.69) is 23.7 Å². The van der Waals surface area contributed by atoms with Crippen molar-refractivity contribution in [3.05, 3.63) is 23.4 Å². The quantitative estimate of drug-likeness (QED) is 0.607. The zero-order chi connectivity index (χ0) is 13.0. The Morgan fingerprint density at radius 3 is 2.71 bits per heavy atom. The predicted octanol–water partition coefficient (Wildman–Crippen LogP) is 2.30. The fraction of sp³-hybridized carbons (Fsp3) is 0.538. The van der Waals surface area contributed by atoms with Gasteiger partial charge in [-0.1, -0.05) is 13.3 Å². The molecule has 1 aromatic heterocycles. The maximum absolute atomic E-state index is 7.49. The van der Waals surface area contributed by atoms with E-state index in [0.717, 1.165) is 29.9 Å². The molecule has 4 nitrogen and oxygen atoms in total. The van der Waals surface area contributed by atoms with Gasteiger partial charge in [0.1, 0.15) is 11.7 Å². The van der Waals surface area contributed by atoms with Gasteiger partial charge in [0.25, 0.3) is 0 Å². The van der Waals surface area contributed by atoms with Crippen molar-refractivity contribution in [1.29, 1.82) is 5.41 Å². The van der Waals surface area contributed by atoms with Gasteiger partial charge in [-0.2, -0.15) is 0 Å². The number of nitrogens with one attached hydrogen (secondary N) is 1. The molecule has 0 amide bonds. The number of pyridine rings is 1. The van der Waals surface area contributed by atoms with Gasteiger partial charge in [-0.3, -0.25) is 5.41 Å².